The summed E-state index contributed by atoms with van der Waals surface area (Å²) in [4.78, 5) is 13.6. The van der Waals surface area contributed by atoms with Gasteiger partial charge in [0.1, 0.15) is 5.75 Å². The summed E-state index contributed by atoms with van der Waals surface area (Å²) < 4.78 is 10.2. The van der Waals surface area contributed by atoms with Gasteiger partial charge in [0.2, 0.25) is 0 Å². The molecule has 0 amide bonds. The molecule has 0 atom stereocenters. The molecule has 118 valence electrons. The summed E-state index contributed by atoms with van der Waals surface area (Å²) in [5, 5.41) is 9.97. The van der Waals surface area contributed by atoms with Gasteiger partial charge in [0.05, 0.1) is 6.61 Å². The molecule has 0 fully saturated rings. The van der Waals surface area contributed by atoms with Crippen LogP contribution in [0.15, 0.2) is 18.2 Å². The van der Waals surface area contributed by atoms with Crippen molar-refractivity contribution in [2.24, 2.45) is 0 Å². The Morgan fingerprint density at radius 2 is 1.90 bits per heavy atom. The molecule has 0 saturated carbocycles. The second kappa shape index (κ2) is 9.50. The summed E-state index contributed by atoms with van der Waals surface area (Å²) >= 11 is 0. The molecule has 0 unspecified atom stereocenters. The van der Waals surface area contributed by atoms with Crippen LogP contribution in [0.1, 0.15) is 29.3 Å². The highest BCUT2D eigenvalue weighted by Gasteiger charge is 2.11. The van der Waals surface area contributed by atoms with E-state index in [-0.39, 0.29) is 11.5 Å². The number of hydrogen-bond donors (Lipinski definition) is 1. The summed E-state index contributed by atoms with van der Waals surface area (Å²) in [6, 6.07) is 4.98. The number of carbonyl (C=O) groups is 1. The maximum Gasteiger partial charge on any atom is 0.159 e. The lowest BCUT2D eigenvalue weighted by molar-refractivity contribution is 0.101. The van der Waals surface area contributed by atoms with Gasteiger partial charge in [-0.3, -0.25) is 9.69 Å². The first-order chi connectivity index (χ1) is 10.1. The van der Waals surface area contributed by atoms with Gasteiger partial charge in [-0.2, -0.15) is 0 Å². The highest BCUT2D eigenvalue weighted by atomic mass is 16.5. The lowest BCUT2D eigenvalue weighted by atomic mass is 10.1. The van der Waals surface area contributed by atoms with Crippen molar-refractivity contribution in [3.05, 3.63) is 29.3 Å². The van der Waals surface area contributed by atoms with Crippen LogP contribution in [0.5, 0.6) is 5.75 Å². The third-order valence-electron chi connectivity index (χ3n) is 3.31. The van der Waals surface area contributed by atoms with Crippen LogP contribution >= 0.6 is 0 Å². The highest BCUT2D eigenvalue weighted by Crippen LogP contribution is 2.21. The Labute approximate surface area is 126 Å². The third-order valence-corrected chi connectivity index (χ3v) is 3.31. The third kappa shape index (κ3) is 6.25. The Bertz CT molecular complexity index is 448. The van der Waals surface area contributed by atoms with E-state index in [4.69, 9.17) is 9.47 Å². The Morgan fingerprint density at radius 1 is 1.19 bits per heavy atom. The Morgan fingerprint density at radius 3 is 2.52 bits per heavy atom. The topological polar surface area (TPSA) is 59.0 Å². The van der Waals surface area contributed by atoms with Crippen molar-refractivity contribution < 1.29 is 19.4 Å². The molecule has 0 saturated heterocycles. The standard InChI is InChI=1S/C16H25NO4/c1-13(18)14-5-6-16(19)15(11-14)12-17(8-10-21-3)7-4-9-20-2/h5-6,11,19H,4,7-10,12H2,1-3H3. The molecule has 1 rings (SSSR count). The summed E-state index contributed by atoms with van der Waals surface area (Å²) in [5.41, 5.74) is 1.38. The smallest absolute Gasteiger partial charge is 0.159 e. The molecule has 0 aliphatic carbocycles. The van der Waals surface area contributed by atoms with Gasteiger partial charge in [-0.15, -0.1) is 0 Å². The van der Waals surface area contributed by atoms with Crippen molar-refractivity contribution in [3.63, 3.8) is 0 Å². The van der Waals surface area contributed by atoms with Gasteiger partial charge in [-0.1, -0.05) is 0 Å². The van der Waals surface area contributed by atoms with Crippen molar-refractivity contribution in [3.8, 4) is 5.75 Å². The number of nitrogens with zero attached hydrogens (tertiary/aromatic N) is 1. The lowest BCUT2D eigenvalue weighted by Crippen LogP contribution is -2.29. The van der Waals surface area contributed by atoms with E-state index in [0.717, 1.165) is 25.1 Å². The molecule has 0 aliphatic heterocycles. The molecule has 0 bridgehead atoms. The zero-order chi connectivity index (χ0) is 15.7. The van der Waals surface area contributed by atoms with E-state index in [1.807, 2.05) is 0 Å². The molecule has 0 spiro atoms. The highest BCUT2D eigenvalue weighted by molar-refractivity contribution is 5.94. The first kappa shape index (κ1) is 17.6. The van der Waals surface area contributed by atoms with Gasteiger partial charge >= 0.3 is 0 Å². The lowest BCUT2D eigenvalue weighted by Gasteiger charge is -2.22. The molecule has 0 aromatic heterocycles. The average Bonchev–Trinajstić information content (AvgIpc) is 2.46. The zero-order valence-electron chi connectivity index (χ0n) is 13.1. The number of carbonyl (C=O) groups excluding carboxylic acids is 1. The zero-order valence-corrected chi connectivity index (χ0v) is 13.1. The number of methoxy groups -OCH3 is 2. The number of rotatable bonds is 10. The molecule has 0 radical (unpaired) electrons. The maximum atomic E-state index is 11.4. The van der Waals surface area contributed by atoms with E-state index in [0.29, 0.717) is 25.3 Å². The summed E-state index contributed by atoms with van der Waals surface area (Å²) in [6.45, 7) is 5.05. The fourth-order valence-electron chi connectivity index (χ4n) is 2.09. The fraction of sp³-hybridized carbons (Fsp3) is 0.562. The molecule has 21 heavy (non-hydrogen) atoms. The van der Waals surface area contributed by atoms with E-state index < -0.39 is 0 Å². The Kier molecular flexibility index (Phi) is 7.97. The number of ketones is 1. The number of benzene rings is 1. The van der Waals surface area contributed by atoms with Crippen molar-refractivity contribution in [1.82, 2.24) is 4.90 Å². The minimum atomic E-state index is -0.000857. The first-order valence-corrected chi connectivity index (χ1v) is 7.11. The number of aromatic hydroxyl groups is 1. The van der Waals surface area contributed by atoms with E-state index in [1.165, 1.54) is 6.92 Å². The van der Waals surface area contributed by atoms with E-state index in [1.54, 1.807) is 32.4 Å². The molecule has 5 nitrogen and oxygen atoms in total. The predicted molar refractivity (Wildman–Crippen MR) is 81.8 cm³/mol. The van der Waals surface area contributed by atoms with E-state index in [9.17, 15) is 9.90 Å². The average molecular weight is 295 g/mol. The number of Topliss-reactive ketones (excluding diaryl/α,β-unsaturated/α-hetero) is 1. The molecule has 5 heteroatoms. The van der Waals surface area contributed by atoms with Crippen LogP contribution in [-0.2, 0) is 16.0 Å². The molecule has 0 aliphatic rings. The second-order valence-corrected chi connectivity index (χ2v) is 5.01. The molecular weight excluding hydrogens is 270 g/mol. The van der Waals surface area contributed by atoms with Gasteiger partial charge in [0.25, 0.3) is 0 Å². The second-order valence-electron chi connectivity index (χ2n) is 5.01. The molecule has 1 N–H and O–H groups in total. The largest absolute Gasteiger partial charge is 0.508 e. The van der Waals surface area contributed by atoms with Gasteiger partial charge in [0.15, 0.2) is 5.78 Å². The number of hydrogen-bond acceptors (Lipinski definition) is 5. The van der Waals surface area contributed by atoms with Gasteiger partial charge in [0, 0.05) is 51.6 Å². The molecule has 1 aromatic carbocycles. The quantitative estimate of drug-likeness (QED) is 0.529. The van der Waals surface area contributed by atoms with Crippen molar-refractivity contribution in [2.75, 3.05) is 40.5 Å². The predicted octanol–water partition coefficient (Wildman–Crippen LogP) is 2.08. The minimum Gasteiger partial charge on any atom is -0.508 e. The van der Waals surface area contributed by atoms with Crippen LogP contribution in [0.3, 0.4) is 0 Å². The fourth-order valence-corrected chi connectivity index (χ4v) is 2.09. The summed E-state index contributed by atoms with van der Waals surface area (Å²) in [7, 11) is 3.35. The van der Waals surface area contributed by atoms with Gasteiger partial charge < -0.3 is 14.6 Å². The van der Waals surface area contributed by atoms with Gasteiger partial charge in [-0.25, -0.2) is 0 Å². The summed E-state index contributed by atoms with van der Waals surface area (Å²) in [5.74, 6) is 0.216. The van der Waals surface area contributed by atoms with Crippen LogP contribution < -0.4 is 0 Å². The van der Waals surface area contributed by atoms with Gasteiger partial charge in [-0.05, 0) is 31.5 Å². The molecular formula is C16H25NO4. The number of phenols is 1. The van der Waals surface area contributed by atoms with Crippen molar-refractivity contribution >= 4 is 5.78 Å². The first-order valence-electron chi connectivity index (χ1n) is 7.11. The molecule has 0 heterocycles. The van der Waals surface area contributed by atoms with Crippen molar-refractivity contribution in [2.45, 2.75) is 19.9 Å². The SMILES string of the molecule is COCCCN(CCOC)Cc1cc(C(C)=O)ccc1O. The Balaban J connectivity index is 2.75. The summed E-state index contributed by atoms with van der Waals surface area (Å²) in [6.07, 6.45) is 0.910. The normalized spacial score (nSPS) is 11.0. The number of phenolic OH excluding ortho intramolecular Hbond substituents is 1. The van der Waals surface area contributed by atoms with Crippen LogP contribution in [0.2, 0.25) is 0 Å². The van der Waals surface area contributed by atoms with E-state index >= 15 is 0 Å². The Hall–Kier alpha value is -1.43. The van der Waals surface area contributed by atoms with Crippen LogP contribution in [0.25, 0.3) is 0 Å². The minimum absolute atomic E-state index is 0.000857. The molecule has 1 aromatic rings. The van der Waals surface area contributed by atoms with Crippen LogP contribution in [0.4, 0.5) is 0 Å². The number of ether oxygens (including phenoxy) is 2. The van der Waals surface area contributed by atoms with Crippen LogP contribution in [0, 0.1) is 0 Å². The monoisotopic (exact) mass is 295 g/mol. The van der Waals surface area contributed by atoms with Crippen molar-refractivity contribution in [1.29, 1.82) is 0 Å². The van der Waals surface area contributed by atoms with Crippen LogP contribution in [-0.4, -0.2) is 56.3 Å². The maximum absolute atomic E-state index is 11.4. The van der Waals surface area contributed by atoms with E-state index in [2.05, 4.69) is 4.90 Å².